The van der Waals surface area contributed by atoms with Crippen LogP contribution in [0, 0.1) is 5.92 Å². The van der Waals surface area contributed by atoms with Crippen molar-refractivity contribution in [3.8, 4) is 0 Å². The highest BCUT2D eigenvalue weighted by Gasteiger charge is 2.31. The summed E-state index contributed by atoms with van der Waals surface area (Å²) in [5.74, 6) is -4.88. The number of carboxylic acid groups (broad SMARTS) is 1. The van der Waals surface area contributed by atoms with Crippen molar-refractivity contribution < 1.29 is 29.1 Å². The molecule has 0 aliphatic heterocycles. The number of hydrogen-bond acceptors (Lipinski definition) is 8. The van der Waals surface area contributed by atoms with Gasteiger partial charge in [-0.05, 0) is 5.92 Å². The van der Waals surface area contributed by atoms with Gasteiger partial charge in [-0.2, -0.15) is 12.6 Å². The lowest BCUT2D eigenvalue weighted by Gasteiger charge is -2.24. The molecule has 178 valence electrons. The Bertz CT molecular complexity index is 817. The Morgan fingerprint density at radius 1 is 1.06 bits per heavy atom. The Balaban J connectivity index is 2.89. The quantitative estimate of drug-likeness (QED) is 0.141. The van der Waals surface area contributed by atoms with Gasteiger partial charge >= 0.3 is 5.97 Å². The zero-order chi connectivity index (χ0) is 24.4. The van der Waals surface area contributed by atoms with E-state index in [0.29, 0.717) is 5.69 Å². The Kier molecular flexibility index (Phi) is 10.6. The summed E-state index contributed by atoms with van der Waals surface area (Å²) in [6.45, 7) is 3.46. The van der Waals surface area contributed by atoms with E-state index in [1.54, 1.807) is 13.8 Å². The number of carbonyl (C=O) groups is 5. The number of amides is 4. The zero-order valence-corrected chi connectivity index (χ0v) is 18.6. The van der Waals surface area contributed by atoms with Crippen LogP contribution in [0.5, 0.6) is 0 Å². The van der Waals surface area contributed by atoms with Crippen molar-refractivity contribution in [2.75, 3.05) is 5.75 Å². The predicted octanol–water partition coefficient (Wildman–Crippen LogP) is -2.72. The van der Waals surface area contributed by atoms with Gasteiger partial charge in [-0.3, -0.25) is 19.2 Å². The molecule has 32 heavy (non-hydrogen) atoms. The molecule has 4 unspecified atom stereocenters. The van der Waals surface area contributed by atoms with Crippen LogP contribution in [0.15, 0.2) is 12.5 Å². The average Bonchev–Trinajstić information content (AvgIpc) is 3.22. The van der Waals surface area contributed by atoms with Gasteiger partial charge < -0.3 is 37.5 Å². The number of carboxylic acids is 1. The summed E-state index contributed by atoms with van der Waals surface area (Å²) in [5.41, 5.74) is 11.4. The van der Waals surface area contributed by atoms with Crippen LogP contribution in [0.1, 0.15) is 26.0 Å². The van der Waals surface area contributed by atoms with Crippen molar-refractivity contribution in [2.45, 2.75) is 50.9 Å². The first kappa shape index (κ1) is 26.9. The van der Waals surface area contributed by atoms with Crippen LogP contribution in [0.4, 0.5) is 0 Å². The molecule has 0 saturated heterocycles. The maximum Gasteiger partial charge on any atom is 0.326 e. The van der Waals surface area contributed by atoms with Crippen molar-refractivity contribution in [3.05, 3.63) is 18.2 Å². The summed E-state index contributed by atoms with van der Waals surface area (Å²) in [4.78, 5) is 66.8. The first-order valence-electron chi connectivity index (χ1n) is 9.72. The molecule has 1 heterocycles. The average molecular weight is 472 g/mol. The molecule has 9 N–H and O–H groups in total. The van der Waals surface area contributed by atoms with Crippen LogP contribution in [0.25, 0.3) is 0 Å². The Morgan fingerprint density at radius 3 is 2.09 bits per heavy atom. The van der Waals surface area contributed by atoms with E-state index in [1.165, 1.54) is 12.5 Å². The van der Waals surface area contributed by atoms with Gasteiger partial charge in [-0.25, -0.2) is 9.78 Å². The van der Waals surface area contributed by atoms with E-state index in [1.807, 2.05) is 0 Å². The Hall–Kier alpha value is -3.13. The van der Waals surface area contributed by atoms with E-state index in [9.17, 15) is 29.1 Å². The smallest absolute Gasteiger partial charge is 0.326 e. The molecule has 13 nitrogen and oxygen atoms in total. The van der Waals surface area contributed by atoms with Crippen molar-refractivity contribution in [1.29, 1.82) is 0 Å². The van der Waals surface area contributed by atoms with E-state index < -0.39 is 60.2 Å². The molecule has 14 heteroatoms. The number of nitrogens with zero attached hydrogens (tertiary/aromatic N) is 1. The molecule has 4 atom stereocenters. The highest BCUT2D eigenvalue weighted by atomic mass is 32.1. The Labute approximate surface area is 189 Å². The summed E-state index contributed by atoms with van der Waals surface area (Å²) >= 11 is 4.03. The number of rotatable bonds is 13. The first-order valence-corrected chi connectivity index (χ1v) is 10.3. The SMILES string of the molecule is CC(C)C(N)C(=O)NC(CS)C(=O)NC(CC(N)=O)C(=O)NC(Cc1cnc[nH]1)C(=O)O. The fourth-order valence-corrected chi connectivity index (χ4v) is 2.79. The summed E-state index contributed by atoms with van der Waals surface area (Å²) < 4.78 is 0. The minimum Gasteiger partial charge on any atom is -0.480 e. The normalized spacial score (nSPS) is 14.7. The number of aliphatic carboxylic acids is 1. The molecule has 0 aliphatic rings. The highest BCUT2D eigenvalue weighted by Crippen LogP contribution is 2.03. The summed E-state index contributed by atoms with van der Waals surface area (Å²) in [5, 5.41) is 16.4. The number of aromatic amines is 1. The molecule has 0 aromatic carbocycles. The molecule has 0 radical (unpaired) electrons. The second-order valence-electron chi connectivity index (χ2n) is 7.43. The highest BCUT2D eigenvalue weighted by molar-refractivity contribution is 7.80. The first-order chi connectivity index (χ1) is 15.0. The van der Waals surface area contributed by atoms with E-state index in [2.05, 4.69) is 38.5 Å². The molecule has 1 aromatic rings. The molecular weight excluding hydrogens is 442 g/mol. The van der Waals surface area contributed by atoms with E-state index in [0.717, 1.165) is 0 Å². The minimum absolute atomic E-state index is 0.110. The third-order valence-electron chi connectivity index (χ3n) is 4.47. The minimum atomic E-state index is -1.47. The molecular formula is C18H29N7O6S. The third-order valence-corrected chi connectivity index (χ3v) is 4.83. The van der Waals surface area contributed by atoms with Crippen molar-refractivity contribution >= 4 is 42.2 Å². The zero-order valence-electron chi connectivity index (χ0n) is 17.7. The van der Waals surface area contributed by atoms with Gasteiger partial charge in [0.15, 0.2) is 0 Å². The number of nitrogens with one attached hydrogen (secondary N) is 4. The van der Waals surface area contributed by atoms with E-state index in [-0.39, 0.29) is 18.1 Å². The van der Waals surface area contributed by atoms with Crippen molar-refractivity contribution in [3.63, 3.8) is 0 Å². The molecule has 0 fully saturated rings. The maximum absolute atomic E-state index is 12.6. The van der Waals surface area contributed by atoms with Gasteiger partial charge in [-0.15, -0.1) is 0 Å². The van der Waals surface area contributed by atoms with Crippen LogP contribution in [0.3, 0.4) is 0 Å². The number of carbonyl (C=O) groups excluding carboxylic acids is 4. The van der Waals surface area contributed by atoms with Gasteiger partial charge in [-0.1, -0.05) is 13.8 Å². The van der Waals surface area contributed by atoms with Gasteiger partial charge in [0, 0.05) is 24.1 Å². The number of imidazole rings is 1. The number of primary amides is 1. The fraction of sp³-hybridized carbons (Fsp3) is 0.556. The number of H-pyrrole nitrogens is 1. The third kappa shape index (κ3) is 8.55. The lowest BCUT2D eigenvalue weighted by molar-refractivity contribution is -0.142. The predicted molar refractivity (Wildman–Crippen MR) is 116 cm³/mol. The van der Waals surface area contributed by atoms with Crippen LogP contribution in [-0.4, -0.2) is 74.6 Å². The second kappa shape index (κ2) is 12.7. The second-order valence-corrected chi connectivity index (χ2v) is 7.79. The van der Waals surface area contributed by atoms with Crippen molar-refractivity contribution in [1.82, 2.24) is 25.9 Å². The molecule has 1 rings (SSSR count). The Morgan fingerprint density at radius 2 is 1.62 bits per heavy atom. The van der Waals surface area contributed by atoms with Crippen LogP contribution >= 0.6 is 12.6 Å². The molecule has 4 amide bonds. The van der Waals surface area contributed by atoms with Crippen LogP contribution in [0.2, 0.25) is 0 Å². The topological polar surface area (TPSA) is 222 Å². The number of thiol groups is 1. The largest absolute Gasteiger partial charge is 0.480 e. The van der Waals surface area contributed by atoms with Gasteiger partial charge in [0.05, 0.1) is 18.8 Å². The van der Waals surface area contributed by atoms with Gasteiger partial charge in [0.2, 0.25) is 23.6 Å². The standard InChI is InChI=1S/C18H29N7O6S/c1-8(2)14(20)17(29)25-12(6-32)16(28)23-10(4-13(19)26)15(27)24-11(18(30)31)3-9-5-21-7-22-9/h5,7-8,10-12,14,32H,3-4,6,20H2,1-2H3,(H2,19,26)(H,21,22)(H,23,28)(H,24,27)(H,25,29)(H,30,31). The number of hydrogen-bond donors (Lipinski definition) is 8. The lowest BCUT2D eigenvalue weighted by atomic mass is 10.0. The van der Waals surface area contributed by atoms with Gasteiger partial charge in [0.25, 0.3) is 0 Å². The van der Waals surface area contributed by atoms with Crippen LogP contribution in [-0.2, 0) is 30.4 Å². The van der Waals surface area contributed by atoms with Gasteiger partial charge in [0.1, 0.15) is 18.1 Å². The molecule has 0 bridgehead atoms. The fourth-order valence-electron chi connectivity index (χ4n) is 2.54. The monoisotopic (exact) mass is 471 g/mol. The summed E-state index contributed by atoms with van der Waals surface area (Å²) in [7, 11) is 0. The summed E-state index contributed by atoms with van der Waals surface area (Å²) in [6.07, 6.45) is 2.04. The van der Waals surface area contributed by atoms with E-state index >= 15 is 0 Å². The van der Waals surface area contributed by atoms with Crippen molar-refractivity contribution in [2.24, 2.45) is 17.4 Å². The number of nitrogens with two attached hydrogens (primary N) is 2. The summed E-state index contributed by atoms with van der Waals surface area (Å²) in [6, 6.07) is -4.85. The lowest BCUT2D eigenvalue weighted by Crippen LogP contribution is -2.58. The molecule has 1 aromatic heterocycles. The van der Waals surface area contributed by atoms with Crippen LogP contribution < -0.4 is 27.4 Å². The number of aromatic nitrogens is 2. The van der Waals surface area contributed by atoms with E-state index in [4.69, 9.17) is 11.5 Å². The molecule has 0 saturated carbocycles. The molecule has 0 aliphatic carbocycles. The molecule has 0 spiro atoms. The maximum atomic E-state index is 12.6.